The lowest BCUT2D eigenvalue weighted by atomic mass is 9.98. The predicted octanol–water partition coefficient (Wildman–Crippen LogP) is 1.55. The number of nitrogens with zero attached hydrogens (tertiary/aromatic N) is 3. The van der Waals surface area contributed by atoms with E-state index < -0.39 is 0 Å². The SMILES string of the molecule is C[C@@H]1[C@H](C(=O)N[C@H]2CCCN(C(=O)Cc3c[nH]c4cnccc34)C2)CCN1C. The van der Waals surface area contributed by atoms with Crippen molar-refractivity contribution in [2.24, 2.45) is 5.92 Å². The van der Waals surface area contributed by atoms with Crippen LogP contribution in [0.2, 0.25) is 0 Å². The van der Waals surface area contributed by atoms with Crippen LogP contribution in [0.4, 0.5) is 0 Å². The van der Waals surface area contributed by atoms with E-state index in [0.717, 1.165) is 48.8 Å². The van der Waals surface area contributed by atoms with Gasteiger partial charge in [0.05, 0.1) is 24.1 Å². The summed E-state index contributed by atoms with van der Waals surface area (Å²) in [5.74, 6) is 0.307. The van der Waals surface area contributed by atoms with Gasteiger partial charge in [-0.1, -0.05) is 0 Å². The molecule has 2 aromatic heterocycles. The van der Waals surface area contributed by atoms with Gasteiger partial charge >= 0.3 is 0 Å². The van der Waals surface area contributed by atoms with Crippen molar-refractivity contribution in [3.05, 3.63) is 30.2 Å². The molecule has 150 valence electrons. The molecule has 2 saturated heterocycles. The van der Waals surface area contributed by atoms with Gasteiger partial charge in [-0.2, -0.15) is 0 Å². The Bertz CT molecular complexity index is 863. The third-order valence-electron chi connectivity index (χ3n) is 6.44. The molecule has 4 rings (SSSR count). The van der Waals surface area contributed by atoms with E-state index in [1.54, 1.807) is 12.4 Å². The maximum absolute atomic E-state index is 12.9. The lowest BCUT2D eigenvalue weighted by Gasteiger charge is -2.34. The molecule has 2 aromatic rings. The van der Waals surface area contributed by atoms with Crippen LogP contribution in [0.5, 0.6) is 0 Å². The second-order valence-corrected chi connectivity index (χ2v) is 8.22. The van der Waals surface area contributed by atoms with Crippen molar-refractivity contribution >= 4 is 22.7 Å². The van der Waals surface area contributed by atoms with E-state index in [2.05, 4.69) is 34.2 Å². The number of hydrogen-bond acceptors (Lipinski definition) is 4. The molecule has 0 saturated carbocycles. The maximum Gasteiger partial charge on any atom is 0.227 e. The molecule has 28 heavy (non-hydrogen) atoms. The minimum atomic E-state index is 0.0514. The van der Waals surface area contributed by atoms with Crippen molar-refractivity contribution in [2.45, 2.75) is 44.7 Å². The summed E-state index contributed by atoms with van der Waals surface area (Å²) in [4.78, 5) is 37.0. The molecule has 0 bridgehead atoms. The summed E-state index contributed by atoms with van der Waals surface area (Å²) < 4.78 is 0. The average Bonchev–Trinajstić information content (AvgIpc) is 3.26. The summed E-state index contributed by atoms with van der Waals surface area (Å²) in [6.45, 7) is 4.45. The molecule has 0 unspecified atom stereocenters. The summed E-state index contributed by atoms with van der Waals surface area (Å²) in [6, 6.07) is 2.26. The zero-order chi connectivity index (χ0) is 19.7. The van der Waals surface area contributed by atoms with E-state index in [9.17, 15) is 9.59 Å². The van der Waals surface area contributed by atoms with Crippen LogP contribution >= 0.6 is 0 Å². The van der Waals surface area contributed by atoms with Crippen molar-refractivity contribution in [3.63, 3.8) is 0 Å². The Balaban J connectivity index is 1.35. The molecule has 0 aromatic carbocycles. The number of hydrogen-bond donors (Lipinski definition) is 2. The van der Waals surface area contributed by atoms with Crippen LogP contribution in [0, 0.1) is 5.92 Å². The fourth-order valence-electron chi connectivity index (χ4n) is 4.53. The summed E-state index contributed by atoms with van der Waals surface area (Å²) in [5, 5.41) is 4.26. The average molecular weight is 383 g/mol. The molecule has 2 aliphatic rings. The molecule has 2 aliphatic heterocycles. The number of carbonyl (C=O) groups excluding carboxylic acids is 2. The van der Waals surface area contributed by atoms with Gasteiger partial charge in [0, 0.05) is 43.0 Å². The summed E-state index contributed by atoms with van der Waals surface area (Å²) in [6.07, 6.45) is 8.56. The molecule has 2 N–H and O–H groups in total. The summed E-state index contributed by atoms with van der Waals surface area (Å²) >= 11 is 0. The number of piperidine rings is 1. The Hall–Kier alpha value is -2.41. The Kier molecular flexibility index (Phi) is 5.35. The summed E-state index contributed by atoms with van der Waals surface area (Å²) in [7, 11) is 2.07. The quantitative estimate of drug-likeness (QED) is 0.839. The van der Waals surface area contributed by atoms with Crippen LogP contribution in [-0.4, -0.2) is 70.3 Å². The van der Waals surface area contributed by atoms with Gasteiger partial charge in [-0.15, -0.1) is 0 Å². The number of aromatic amines is 1. The van der Waals surface area contributed by atoms with Crippen LogP contribution in [-0.2, 0) is 16.0 Å². The molecule has 0 radical (unpaired) electrons. The van der Waals surface area contributed by atoms with E-state index in [1.165, 1.54) is 0 Å². The molecular formula is C21H29N5O2. The van der Waals surface area contributed by atoms with Gasteiger partial charge < -0.3 is 20.1 Å². The molecular weight excluding hydrogens is 354 g/mol. The van der Waals surface area contributed by atoms with Crippen LogP contribution in [0.3, 0.4) is 0 Å². The fraction of sp³-hybridized carbons (Fsp3) is 0.571. The zero-order valence-corrected chi connectivity index (χ0v) is 16.6. The van der Waals surface area contributed by atoms with Crippen molar-refractivity contribution < 1.29 is 9.59 Å². The first-order chi connectivity index (χ1) is 13.5. The normalized spacial score (nSPS) is 25.9. The Morgan fingerprint density at radius 3 is 2.96 bits per heavy atom. The first-order valence-electron chi connectivity index (χ1n) is 10.2. The van der Waals surface area contributed by atoms with E-state index in [1.807, 2.05) is 17.2 Å². The van der Waals surface area contributed by atoms with Crippen LogP contribution in [0.1, 0.15) is 31.7 Å². The summed E-state index contributed by atoms with van der Waals surface area (Å²) in [5.41, 5.74) is 1.95. The highest BCUT2D eigenvalue weighted by Gasteiger charge is 2.35. The molecule has 0 spiro atoms. The molecule has 2 fully saturated rings. The first kappa shape index (κ1) is 18.9. The number of nitrogens with one attached hydrogen (secondary N) is 2. The molecule has 4 heterocycles. The Morgan fingerprint density at radius 1 is 1.32 bits per heavy atom. The van der Waals surface area contributed by atoms with Gasteiger partial charge in [-0.3, -0.25) is 14.6 Å². The fourth-order valence-corrected chi connectivity index (χ4v) is 4.53. The molecule has 0 aliphatic carbocycles. The number of fused-ring (bicyclic) bond motifs is 1. The van der Waals surface area contributed by atoms with Crippen molar-refractivity contribution in [1.82, 2.24) is 25.1 Å². The highest BCUT2D eigenvalue weighted by Crippen LogP contribution is 2.23. The molecule has 7 nitrogen and oxygen atoms in total. The number of rotatable bonds is 4. The van der Waals surface area contributed by atoms with Crippen molar-refractivity contribution in [2.75, 3.05) is 26.7 Å². The highest BCUT2D eigenvalue weighted by molar-refractivity contribution is 5.88. The van der Waals surface area contributed by atoms with Crippen LogP contribution in [0.25, 0.3) is 10.9 Å². The van der Waals surface area contributed by atoms with Crippen molar-refractivity contribution in [1.29, 1.82) is 0 Å². The van der Waals surface area contributed by atoms with Gasteiger partial charge in [-0.05, 0) is 51.4 Å². The van der Waals surface area contributed by atoms with Gasteiger partial charge in [0.15, 0.2) is 0 Å². The van der Waals surface area contributed by atoms with E-state index in [-0.39, 0.29) is 29.8 Å². The largest absolute Gasteiger partial charge is 0.360 e. The minimum absolute atomic E-state index is 0.0514. The van der Waals surface area contributed by atoms with E-state index in [4.69, 9.17) is 0 Å². The Morgan fingerprint density at radius 2 is 2.18 bits per heavy atom. The number of carbonyl (C=O) groups is 2. The second-order valence-electron chi connectivity index (χ2n) is 8.22. The lowest BCUT2D eigenvalue weighted by Crippen LogP contribution is -2.51. The Labute approximate surface area is 165 Å². The first-order valence-corrected chi connectivity index (χ1v) is 10.2. The smallest absolute Gasteiger partial charge is 0.227 e. The van der Waals surface area contributed by atoms with Crippen molar-refractivity contribution in [3.8, 4) is 0 Å². The van der Waals surface area contributed by atoms with Gasteiger partial charge in [-0.25, -0.2) is 0 Å². The molecule has 3 atom stereocenters. The third kappa shape index (κ3) is 3.76. The predicted molar refractivity (Wildman–Crippen MR) is 108 cm³/mol. The zero-order valence-electron chi connectivity index (χ0n) is 16.6. The molecule has 2 amide bonds. The number of pyridine rings is 1. The molecule has 7 heteroatoms. The van der Waals surface area contributed by atoms with E-state index >= 15 is 0 Å². The number of H-pyrrole nitrogens is 1. The van der Waals surface area contributed by atoms with Gasteiger partial charge in [0.1, 0.15) is 0 Å². The minimum Gasteiger partial charge on any atom is -0.360 e. The topological polar surface area (TPSA) is 81.3 Å². The third-order valence-corrected chi connectivity index (χ3v) is 6.44. The monoisotopic (exact) mass is 383 g/mol. The van der Waals surface area contributed by atoms with Gasteiger partial charge in [0.2, 0.25) is 11.8 Å². The standard InChI is InChI=1S/C21H29N5O2/c1-14-17(6-9-25(14)2)21(28)24-16-4-3-8-26(13-16)20(27)10-15-11-23-19-12-22-7-5-18(15)19/h5,7,11-12,14,16-17,23H,3-4,6,8-10,13H2,1-2H3,(H,24,28)/t14-,16+,17-/m1/s1. The van der Waals surface area contributed by atoms with E-state index in [0.29, 0.717) is 13.0 Å². The van der Waals surface area contributed by atoms with Crippen LogP contribution < -0.4 is 5.32 Å². The second kappa shape index (κ2) is 7.91. The number of likely N-dealkylation sites (tertiary alicyclic amines) is 2. The number of amides is 2. The van der Waals surface area contributed by atoms with Crippen LogP contribution in [0.15, 0.2) is 24.7 Å². The highest BCUT2D eigenvalue weighted by atomic mass is 16.2. The van der Waals surface area contributed by atoms with Gasteiger partial charge in [0.25, 0.3) is 0 Å². The number of aromatic nitrogens is 2. The lowest BCUT2D eigenvalue weighted by molar-refractivity contribution is -0.133. The maximum atomic E-state index is 12.9.